The zero-order chi connectivity index (χ0) is 11.7. The summed E-state index contributed by atoms with van der Waals surface area (Å²) in [7, 11) is 0. The molecule has 0 atom stereocenters. The van der Waals surface area contributed by atoms with E-state index in [2.05, 4.69) is 20.6 Å². The Morgan fingerprint density at radius 1 is 1.12 bits per heavy atom. The van der Waals surface area contributed by atoms with E-state index < -0.39 is 0 Å². The molecule has 3 rings (SSSR count). The van der Waals surface area contributed by atoms with E-state index in [1.807, 2.05) is 35.7 Å². The Kier molecular flexibility index (Phi) is 2.34. The lowest BCUT2D eigenvalue weighted by atomic mass is 10.0. The van der Waals surface area contributed by atoms with Crippen LogP contribution in [0.25, 0.3) is 21.8 Å². The van der Waals surface area contributed by atoms with Gasteiger partial charge in [0.2, 0.25) is 5.82 Å². The summed E-state index contributed by atoms with van der Waals surface area (Å²) < 4.78 is 0. The van der Waals surface area contributed by atoms with Gasteiger partial charge in [-0.2, -0.15) is 5.21 Å². The summed E-state index contributed by atoms with van der Waals surface area (Å²) in [4.78, 5) is 0.969. The first-order valence-electron chi connectivity index (χ1n) is 5.02. The summed E-state index contributed by atoms with van der Waals surface area (Å²) in [5.41, 5.74) is 8.75. The minimum atomic E-state index is 0.596. The molecule has 0 radical (unpaired) electrons. The lowest BCUT2D eigenvalue weighted by Gasteiger charge is -2.04. The number of rotatable bonds is 2. The van der Waals surface area contributed by atoms with Crippen molar-refractivity contribution in [3.8, 4) is 21.8 Å². The van der Waals surface area contributed by atoms with Crippen molar-refractivity contribution in [2.45, 2.75) is 0 Å². The summed E-state index contributed by atoms with van der Waals surface area (Å²) in [5.74, 6) is 0.596. The Morgan fingerprint density at radius 3 is 2.76 bits per heavy atom. The number of thiophene rings is 1. The van der Waals surface area contributed by atoms with Crippen LogP contribution in [0.5, 0.6) is 0 Å². The topological polar surface area (TPSA) is 80.5 Å². The molecule has 0 unspecified atom stereocenters. The van der Waals surface area contributed by atoms with Crippen LogP contribution in [0.4, 0.5) is 5.69 Å². The van der Waals surface area contributed by atoms with Crippen molar-refractivity contribution in [1.29, 1.82) is 0 Å². The summed E-state index contributed by atoms with van der Waals surface area (Å²) in [6.07, 6.45) is 0. The molecule has 6 heteroatoms. The second-order valence-corrected chi connectivity index (χ2v) is 4.40. The number of benzene rings is 1. The quantitative estimate of drug-likeness (QED) is 0.676. The van der Waals surface area contributed by atoms with Crippen LogP contribution in [0.15, 0.2) is 35.7 Å². The van der Waals surface area contributed by atoms with Gasteiger partial charge in [0.1, 0.15) is 0 Å². The fourth-order valence-electron chi connectivity index (χ4n) is 1.69. The molecule has 1 aromatic carbocycles. The van der Waals surface area contributed by atoms with Crippen LogP contribution in [0.2, 0.25) is 0 Å². The minimum Gasteiger partial charge on any atom is -0.398 e. The molecule has 2 aromatic heterocycles. The zero-order valence-corrected chi connectivity index (χ0v) is 9.61. The molecule has 84 valence electrons. The molecule has 0 bridgehead atoms. The van der Waals surface area contributed by atoms with E-state index in [1.54, 1.807) is 11.3 Å². The first kappa shape index (κ1) is 9.98. The standard InChI is InChI=1S/C11H9N5S/c12-9-4-2-1-3-7(9)8-5-6-17-10(8)11-13-15-16-14-11/h1-6H,12H2,(H,13,14,15,16). The summed E-state index contributed by atoms with van der Waals surface area (Å²) in [6.45, 7) is 0. The van der Waals surface area contributed by atoms with Crippen molar-refractivity contribution in [3.05, 3.63) is 35.7 Å². The smallest absolute Gasteiger partial charge is 0.215 e. The molecular weight excluding hydrogens is 234 g/mol. The SMILES string of the molecule is Nc1ccccc1-c1ccsc1-c1nn[nH]n1. The van der Waals surface area contributed by atoms with Crippen molar-refractivity contribution >= 4 is 17.0 Å². The highest BCUT2D eigenvalue weighted by Crippen LogP contribution is 2.36. The van der Waals surface area contributed by atoms with Crippen LogP contribution in [0.3, 0.4) is 0 Å². The van der Waals surface area contributed by atoms with Crippen molar-refractivity contribution in [3.63, 3.8) is 0 Å². The van der Waals surface area contributed by atoms with E-state index in [4.69, 9.17) is 5.73 Å². The zero-order valence-electron chi connectivity index (χ0n) is 8.79. The average molecular weight is 243 g/mol. The van der Waals surface area contributed by atoms with Gasteiger partial charge >= 0.3 is 0 Å². The Labute approximate surface area is 101 Å². The lowest BCUT2D eigenvalue weighted by molar-refractivity contribution is 0.881. The number of hydrogen-bond acceptors (Lipinski definition) is 5. The molecule has 0 fully saturated rings. The van der Waals surface area contributed by atoms with Crippen LogP contribution in [0, 0.1) is 0 Å². The van der Waals surface area contributed by atoms with Crippen LogP contribution in [-0.4, -0.2) is 20.6 Å². The number of aromatic amines is 1. The fraction of sp³-hybridized carbons (Fsp3) is 0. The summed E-state index contributed by atoms with van der Waals surface area (Å²) in [5, 5.41) is 16.0. The molecule has 0 aliphatic carbocycles. The van der Waals surface area contributed by atoms with Crippen molar-refractivity contribution in [1.82, 2.24) is 20.6 Å². The third kappa shape index (κ3) is 1.68. The molecular formula is C11H9N5S. The molecule has 0 saturated heterocycles. The highest BCUT2D eigenvalue weighted by atomic mass is 32.1. The number of nitrogens with one attached hydrogen (secondary N) is 1. The largest absolute Gasteiger partial charge is 0.398 e. The van der Waals surface area contributed by atoms with E-state index in [0.717, 1.165) is 21.7 Å². The minimum absolute atomic E-state index is 0.596. The first-order chi connectivity index (χ1) is 8.36. The van der Waals surface area contributed by atoms with Gasteiger partial charge in [-0.25, -0.2) is 0 Å². The Morgan fingerprint density at radius 2 is 2.00 bits per heavy atom. The number of nitrogens with two attached hydrogens (primary N) is 1. The number of anilines is 1. The third-order valence-corrected chi connectivity index (χ3v) is 3.37. The average Bonchev–Trinajstić information content (AvgIpc) is 3.00. The maximum atomic E-state index is 5.97. The molecule has 0 aliphatic rings. The fourth-order valence-corrected chi connectivity index (χ4v) is 2.53. The van der Waals surface area contributed by atoms with Gasteiger partial charge in [-0.05, 0) is 22.7 Å². The highest BCUT2D eigenvalue weighted by molar-refractivity contribution is 7.14. The Bertz CT molecular complexity index is 629. The van der Waals surface area contributed by atoms with E-state index >= 15 is 0 Å². The van der Waals surface area contributed by atoms with Crippen molar-refractivity contribution in [2.24, 2.45) is 0 Å². The van der Waals surface area contributed by atoms with Crippen LogP contribution in [-0.2, 0) is 0 Å². The predicted molar refractivity (Wildman–Crippen MR) is 67.3 cm³/mol. The van der Waals surface area contributed by atoms with Crippen LogP contribution >= 0.6 is 11.3 Å². The number of nitrogens with zero attached hydrogens (tertiary/aromatic N) is 3. The molecule has 2 heterocycles. The van der Waals surface area contributed by atoms with Gasteiger partial charge in [0.15, 0.2) is 0 Å². The van der Waals surface area contributed by atoms with Gasteiger partial charge in [-0.1, -0.05) is 18.2 Å². The Balaban J connectivity index is 2.17. The second kappa shape index (κ2) is 3.99. The monoisotopic (exact) mass is 243 g/mol. The second-order valence-electron chi connectivity index (χ2n) is 3.49. The number of H-pyrrole nitrogens is 1. The molecule has 5 nitrogen and oxygen atoms in total. The van der Waals surface area contributed by atoms with E-state index in [0.29, 0.717) is 5.82 Å². The van der Waals surface area contributed by atoms with Gasteiger partial charge in [0.25, 0.3) is 0 Å². The van der Waals surface area contributed by atoms with Gasteiger partial charge in [0, 0.05) is 16.8 Å². The van der Waals surface area contributed by atoms with Crippen LogP contribution in [0.1, 0.15) is 0 Å². The Hall–Kier alpha value is -2.21. The van der Waals surface area contributed by atoms with E-state index in [-0.39, 0.29) is 0 Å². The van der Waals surface area contributed by atoms with Crippen molar-refractivity contribution < 1.29 is 0 Å². The van der Waals surface area contributed by atoms with Crippen molar-refractivity contribution in [2.75, 3.05) is 5.73 Å². The molecule has 3 N–H and O–H groups in total. The molecule has 0 amide bonds. The van der Waals surface area contributed by atoms with E-state index in [1.165, 1.54) is 0 Å². The predicted octanol–water partition coefficient (Wildman–Crippen LogP) is 2.18. The molecule has 17 heavy (non-hydrogen) atoms. The van der Waals surface area contributed by atoms with Gasteiger partial charge in [0.05, 0.1) is 4.88 Å². The maximum Gasteiger partial charge on any atom is 0.215 e. The number of tetrazole rings is 1. The lowest BCUT2D eigenvalue weighted by Crippen LogP contribution is -1.89. The molecule has 0 saturated carbocycles. The normalized spacial score (nSPS) is 10.6. The molecule has 0 aliphatic heterocycles. The first-order valence-corrected chi connectivity index (χ1v) is 5.90. The van der Waals surface area contributed by atoms with Gasteiger partial charge in [-0.3, -0.25) is 0 Å². The van der Waals surface area contributed by atoms with E-state index in [9.17, 15) is 0 Å². The number of nitrogen functional groups attached to an aromatic ring is 1. The van der Waals surface area contributed by atoms with Gasteiger partial charge < -0.3 is 5.73 Å². The number of aromatic nitrogens is 4. The summed E-state index contributed by atoms with van der Waals surface area (Å²) >= 11 is 1.57. The molecule has 3 aromatic rings. The number of para-hydroxylation sites is 1. The maximum absolute atomic E-state index is 5.97. The van der Waals surface area contributed by atoms with Gasteiger partial charge in [-0.15, -0.1) is 21.5 Å². The number of hydrogen-bond donors (Lipinski definition) is 2. The highest BCUT2D eigenvalue weighted by Gasteiger charge is 2.13. The van der Waals surface area contributed by atoms with Crippen LogP contribution < -0.4 is 5.73 Å². The molecule has 0 spiro atoms. The summed E-state index contributed by atoms with van der Waals surface area (Å²) in [6, 6.07) is 9.76. The third-order valence-electron chi connectivity index (χ3n) is 2.46.